The second-order valence-electron chi connectivity index (χ2n) is 4.45. The summed E-state index contributed by atoms with van der Waals surface area (Å²) in [5, 5.41) is 3.03. The van der Waals surface area contributed by atoms with Gasteiger partial charge in [-0.1, -0.05) is 37.3 Å². The largest absolute Gasteiger partial charge is 0.345 e. The zero-order chi connectivity index (χ0) is 12.7. The van der Waals surface area contributed by atoms with E-state index < -0.39 is 0 Å². The monoisotopic (exact) mass is 234 g/mol. The first kappa shape index (κ1) is 13.7. The van der Waals surface area contributed by atoms with Gasteiger partial charge in [0.05, 0.1) is 0 Å². The number of carbonyl (C=O) groups excluding carboxylic acids is 1. The number of likely N-dealkylation sites (N-methyl/N-ethyl adjacent to an activating group) is 1. The van der Waals surface area contributed by atoms with E-state index in [9.17, 15) is 4.79 Å². The molecule has 0 fully saturated rings. The van der Waals surface area contributed by atoms with E-state index in [2.05, 4.69) is 17.4 Å². The molecule has 0 bridgehead atoms. The number of nitrogens with one attached hydrogen (secondary N) is 1. The van der Waals surface area contributed by atoms with Gasteiger partial charge in [0.1, 0.15) is 0 Å². The van der Waals surface area contributed by atoms with Crippen molar-refractivity contribution in [3.63, 3.8) is 0 Å². The van der Waals surface area contributed by atoms with Gasteiger partial charge >= 0.3 is 0 Å². The zero-order valence-electron chi connectivity index (χ0n) is 10.9. The number of carbonyl (C=O) groups is 1. The summed E-state index contributed by atoms with van der Waals surface area (Å²) in [4.78, 5) is 13.8. The van der Waals surface area contributed by atoms with E-state index in [4.69, 9.17) is 0 Å². The highest BCUT2D eigenvalue weighted by Crippen LogP contribution is 2.03. The van der Waals surface area contributed by atoms with Gasteiger partial charge in [-0.3, -0.25) is 4.79 Å². The van der Waals surface area contributed by atoms with E-state index in [1.165, 1.54) is 5.56 Å². The van der Waals surface area contributed by atoms with Crippen LogP contribution >= 0.6 is 0 Å². The molecule has 0 aromatic heterocycles. The molecule has 0 aliphatic rings. The maximum absolute atomic E-state index is 11.9. The Balaban J connectivity index is 2.39. The molecule has 1 aromatic carbocycles. The molecule has 1 unspecified atom stereocenters. The fourth-order valence-corrected chi connectivity index (χ4v) is 1.82. The van der Waals surface area contributed by atoms with Crippen LogP contribution in [0, 0.1) is 5.92 Å². The summed E-state index contributed by atoms with van der Waals surface area (Å²) in [6.07, 6.45) is 0.912. The number of rotatable bonds is 6. The van der Waals surface area contributed by atoms with Crippen LogP contribution in [0.15, 0.2) is 30.3 Å². The highest BCUT2D eigenvalue weighted by Gasteiger charge is 2.16. The summed E-state index contributed by atoms with van der Waals surface area (Å²) in [5.41, 5.74) is 1.27. The first-order valence-electron chi connectivity index (χ1n) is 6.08. The van der Waals surface area contributed by atoms with E-state index in [1.54, 1.807) is 0 Å². The lowest BCUT2D eigenvalue weighted by Gasteiger charge is -2.21. The Labute approximate surface area is 104 Å². The molecule has 17 heavy (non-hydrogen) atoms. The molecule has 0 spiro atoms. The Morgan fingerprint density at radius 3 is 2.59 bits per heavy atom. The van der Waals surface area contributed by atoms with Crippen molar-refractivity contribution in [2.75, 3.05) is 27.2 Å². The van der Waals surface area contributed by atoms with Crippen molar-refractivity contribution in [1.29, 1.82) is 0 Å². The number of hydrogen-bond donors (Lipinski definition) is 1. The van der Waals surface area contributed by atoms with Crippen LogP contribution in [0.2, 0.25) is 0 Å². The molecule has 3 nitrogen and oxygen atoms in total. The van der Waals surface area contributed by atoms with Crippen LogP contribution in [0.1, 0.15) is 12.5 Å². The molecular formula is C14H22N2O. The molecule has 0 aliphatic heterocycles. The van der Waals surface area contributed by atoms with Crippen LogP contribution in [0.25, 0.3) is 0 Å². The molecule has 0 heterocycles. The van der Waals surface area contributed by atoms with Crippen LogP contribution in [0.5, 0.6) is 0 Å². The third kappa shape index (κ3) is 4.57. The first-order valence-corrected chi connectivity index (χ1v) is 6.08. The normalized spacial score (nSPS) is 12.2. The second kappa shape index (κ2) is 7.07. The van der Waals surface area contributed by atoms with Crippen LogP contribution in [0.3, 0.4) is 0 Å². The van der Waals surface area contributed by atoms with E-state index in [-0.39, 0.29) is 11.8 Å². The highest BCUT2D eigenvalue weighted by molar-refractivity contribution is 5.78. The summed E-state index contributed by atoms with van der Waals surface area (Å²) in [7, 11) is 3.74. The smallest absolute Gasteiger partial charge is 0.226 e. The predicted molar refractivity (Wildman–Crippen MR) is 70.9 cm³/mol. The Kier molecular flexibility index (Phi) is 5.70. The van der Waals surface area contributed by atoms with Gasteiger partial charge in [0, 0.05) is 26.1 Å². The fourth-order valence-electron chi connectivity index (χ4n) is 1.82. The average Bonchev–Trinajstić information content (AvgIpc) is 2.36. The molecule has 0 aliphatic carbocycles. The maximum atomic E-state index is 11.9. The number of hydrogen-bond acceptors (Lipinski definition) is 2. The lowest BCUT2D eigenvalue weighted by Crippen LogP contribution is -2.37. The maximum Gasteiger partial charge on any atom is 0.226 e. The minimum absolute atomic E-state index is 0.0424. The van der Waals surface area contributed by atoms with Gasteiger partial charge in [-0.15, -0.1) is 0 Å². The molecule has 1 aromatic rings. The molecule has 1 atom stereocenters. The third-order valence-electron chi connectivity index (χ3n) is 2.89. The molecule has 1 N–H and O–H groups in total. The van der Waals surface area contributed by atoms with Gasteiger partial charge in [0.25, 0.3) is 0 Å². The van der Waals surface area contributed by atoms with E-state index >= 15 is 0 Å². The van der Waals surface area contributed by atoms with Crippen molar-refractivity contribution in [2.45, 2.75) is 13.3 Å². The Bertz CT molecular complexity index is 337. The standard InChI is InChI=1S/C14H22N2O/c1-12(11-15-2)14(17)16(3)10-9-13-7-5-4-6-8-13/h4-8,12,15H,9-11H2,1-3H3. The quantitative estimate of drug-likeness (QED) is 0.810. The van der Waals surface area contributed by atoms with Crippen molar-refractivity contribution in [3.05, 3.63) is 35.9 Å². The minimum atomic E-state index is 0.0424. The van der Waals surface area contributed by atoms with Crippen LogP contribution in [0.4, 0.5) is 0 Å². The summed E-state index contributed by atoms with van der Waals surface area (Å²) in [6, 6.07) is 10.2. The van der Waals surface area contributed by atoms with Gasteiger partial charge < -0.3 is 10.2 Å². The lowest BCUT2D eigenvalue weighted by molar-refractivity contribution is -0.133. The van der Waals surface area contributed by atoms with Gasteiger partial charge in [0.15, 0.2) is 0 Å². The number of benzene rings is 1. The van der Waals surface area contributed by atoms with Crippen LogP contribution in [-0.2, 0) is 11.2 Å². The van der Waals surface area contributed by atoms with Gasteiger partial charge in [-0.25, -0.2) is 0 Å². The summed E-state index contributed by atoms with van der Waals surface area (Å²) in [6.45, 7) is 3.46. The van der Waals surface area contributed by atoms with Gasteiger partial charge in [0.2, 0.25) is 5.91 Å². The molecule has 3 heteroatoms. The Hall–Kier alpha value is -1.35. The number of nitrogens with zero attached hydrogens (tertiary/aromatic N) is 1. The lowest BCUT2D eigenvalue weighted by atomic mass is 10.1. The Morgan fingerprint density at radius 2 is 2.00 bits per heavy atom. The van der Waals surface area contributed by atoms with Crippen molar-refractivity contribution in [2.24, 2.45) is 5.92 Å². The molecule has 0 saturated carbocycles. The highest BCUT2D eigenvalue weighted by atomic mass is 16.2. The summed E-state index contributed by atoms with van der Waals surface area (Å²) >= 11 is 0. The van der Waals surface area contributed by atoms with E-state index in [0.717, 1.165) is 19.5 Å². The summed E-state index contributed by atoms with van der Waals surface area (Å²) < 4.78 is 0. The van der Waals surface area contributed by atoms with Crippen LogP contribution in [-0.4, -0.2) is 38.0 Å². The van der Waals surface area contributed by atoms with E-state index in [0.29, 0.717) is 0 Å². The zero-order valence-corrected chi connectivity index (χ0v) is 10.9. The summed E-state index contributed by atoms with van der Waals surface area (Å²) in [5.74, 6) is 0.246. The molecule has 94 valence electrons. The molecule has 1 amide bonds. The van der Waals surface area contributed by atoms with Crippen molar-refractivity contribution in [1.82, 2.24) is 10.2 Å². The van der Waals surface area contributed by atoms with Crippen LogP contribution < -0.4 is 5.32 Å². The molecular weight excluding hydrogens is 212 g/mol. The molecule has 0 radical (unpaired) electrons. The topological polar surface area (TPSA) is 32.3 Å². The van der Waals surface area contributed by atoms with Crippen molar-refractivity contribution in [3.8, 4) is 0 Å². The Morgan fingerprint density at radius 1 is 1.35 bits per heavy atom. The SMILES string of the molecule is CNCC(C)C(=O)N(C)CCc1ccccc1. The van der Waals surface area contributed by atoms with Gasteiger partial charge in [-0.05, 0) is 19.0 Å². The molecule has 1 rings (SSSR count). The van der Waals surface area contributed by atoms with Crippen molar-refractivity contribution < 1.29 is 4.79 Å². The van der Waals surface area contributed by atoms with Gasteiger partial charge in [-0.2, -0.15) is 0 Å². The fraction of sp³-hybridized carbons (Fsp3) is 0.500. The van der Waals surface area contributed by atoms with Crippen molar-refractivity contribution >= 4 is 5.91 Å². The average molecular weight is 234 g/mol. The third-order valence-corrected chi connectivity index (χ3v) is 2.89. The predicted octanol–water partition coefficient (Wildman–Crippen LogP) is 1.54. The minimum Gasteiger partial charge on any atom is -0.345 e. The van der Waals surface area contributed by atoms with E-state index in [1.807, 2.05) is 44.1 Å². The second-order valence-corrected chi connectivity index (χ2v) is 4.45. The number of amides is 1. The molecule has 0 saturated heterocycles. The first-order chi connectivity index (χ1) is 8.15.